The van der Waals surface area contributed by atoms with Gasteiger partial charge in [-0.3, -0.25) is 0 Å². The van der Waals surface area contributed by atoms with Gasteiger partial charge in [-0.1, -0.05) is 12.1 Å². The molecule has 3 N–H and O–H groups in total. The highest BCUT2D eigenvalue weighted by molar-refractivity contribution is 7.92. The van der Waals surface area contributed by atoms with Crippen molar-refractivity contribution in [2.45, 2.75) is 76.2 Å². The van der Waals surface area contributed by atoms with Gasteiger partial charge in [0.15, 0.2) is 21.4 Å². The maximum Gasteiger partial charge on any atom is 0.387 e. The lowest BCUT2D eigenvalue weighted by atomic mass is 9.87. The summed E-state index contributed by atoms with van der Waals surface area (Å²) >= 11 is 0. The monoisotopic (exact) mass is 589 g/mol. The second-order valence-corrected chi connectivity index (χ2v) is 13.0. The maximum absolute atomic E-state index is 13.2. The van der Waals surface area contributed by atoms with Gasteiger partial charge in [0, 0.05) is 0 Å². The molecule has 222 valence electrons. The molecule has 1 aromatic heterocycles. The predicted octanol–water partition coefficient (Wildman–Crippen LogP) is 6.31. The molecule has 41 heavy (non-hydrogen) atoms. The Hall–Kier alpha value is -3.51. The third-order valence-corrected chi connectivity index (χ3v) is 9.01. The first-order valence-corrected chi connectivity index (χ1v) is 15.2. The second kappa shape index (κ2) is 13.0. The molecule has 12 heteroatoms. The van der Waals surface area contributed by atoms with Crippen molar-refractivity contribution in [3.05, 3.63) is 53.7 Å². The van der Waals surface area contributed by atoms with Crippen LogP contribution in [-0.4, -0.2) is 49.4 Å². The Labute approximate surface area is 240 Å². The Morgan fingerprint density at radius 3 is 2.34 bits per heavy atom. The fourth-order valence-electron chi connectivity index (χ4n) is 4.75. The van der Waals surface area contributed by atoms with Gasteiger partial charge in [0.2, 0.25) is 5.95 Å². The Kier molecular flexibility index (Phi) is 9.64. The van der Waals surface area contributed by atoms with Gasteiger partial charge in [0.1, 0.15) is 5.75 Å². The van der Waals surface area contributed by atoms with E-state index in [9.17, 15) is 17.2 Å². The van der Waals surface area contributed by atoms with Crippen LogP contribution in [0.5, 0.6) is 11.5 Å². The van der Waals surface area contributed by atoms with Gasteiger partial charge in [-0.25, -0.2) is 13.4 Å². The number of rotatable bonds is 11. The summed E-state index contributed by atoms with van der Waals surface area (Å²) in [7, 11) is -3.69. The molecule has 9 nitrogen and oxygen atoms in total. The molecule has 0 bridgehead atoms. The number of alkyl halides is 2. The molecule has 0 spiro atoms. The van der Waals surface area contributed by atoms with Gasteiger partial charge < -0.3 is 25.4 Å². The van der Waals surface area contributed by atoms with Crippen molar-refractivity contribution in [1.82, 2.24) is 15.3 Å². The zero-order valence-corrected chi connectivity index (χ0v) is 24.7. The van der Waals surface area contributed by atoms with E-state index in [1.165, 1.54) is 17.7 Å². The van der Waals surface area contributed by atoms with E-state index in [0.717, 1.165) is 37.7 Å². The molecule has 2 heterocycles. The average molecular weight is 590 g/mol. The first kappa shape index (κ1) is 30.4. The zero-order valence-electron chi connectivity index (χ0n) is 23.9. The topological polar surface area (TPSA) is 114 Å². The highest BCUT2D eigenvalue weighted by Crippen LogP contribution is 2.38. The molecule has 1 saturated heterocycles. The van der Waals surface area contributed by atoms with Crippen LogP contribution in [0.4, 0.5) is 31.9 Å². The van der Waals surface area contributed by atoms with Gasteiger partial charge >= 0.3 is 6.61 Å². The van der Waals surface area contributed by atoms with Gasteiger partial charge in [0.05, 0.1) is 33.8 Å². The number of aryl methyl sites for hydroxylation is 1. The fourth-order valence-corrected chi connectivity index (χ4v) is 5.95. The van der Waals surface area contributed by atoms with Gasteiger partial charge in [-0.2, -0.15) is 13.8 Å². The molecule has 0 unspecified atom stereocenters. The summed E-state index contributed by atoms with van der Waals surface area (Å²) in [6.07, 6.45) is 3.08. The average Bonchev–Trinajstić information content (AvgIpc) is 2.91. The number of benzene rings is 2. The molecule has 0 saturated carbocycles. The van der Waals surface area contributed by atoms with Crippen molar-refractivity contribution in [3.63, 3.8) is 0 Å². The minimum absolute atomic E-state index is 0.0165. The largest absolute Gasteiger partial charge is 0.489 e. The molecule has 0 radical (unpaired) electrons. The molecule has 3 aromatic rings. The Morgan fingerprint density at radius 2 is 1.68 bits per heavy atom. The number of nitrogens with one attached hydrogen (secondary N) is 3. The van der Waals surface area contributed by atoms with E-state index in [0.29, 0.717) is 17.4 Å². The van der Waals surface area contributed by atoms with Crippen LogP contribution in [0.3, 0.4) is 0 Å². The van der Waals surface area contributed by atoms with Crippen LogP contribution in [0.1, 0.15) is 57.6 Å². The number of halogens is 2. The first-order valence-electron chi connectivity index (χ1n) is 13.7. The van der Waals surface area contributed by atoms with Crippen molar-refractivity contribution in [2.75, 3.05) is 23.7 Å². The molecule has 4 rings (SSSR count). The van der Waals surface area contributed by atoms with Crippen molar-refractivity contribution < 1.29 is 26.7 Å². The third-order valence-electron chi connectivity index (χ3n) is 6.79. The Morgan fingerprint density at radius 1 is 0.976 bits per heavy atom. The van der Waals surface area contributed by atoms with E-state index in [1.807, 2.05) is 32.9 Å². The quantitative estimate of drug-likeness (QED) is 0.237. The van der Waals surface area contributed by atoms with Crippen molar-refractivity contribution >= 4 is 33.0 Å². The number of para-hydroxylation sites is 1. The fraction of sp³-hybridized carbons (Fsp3) is 0.448. The number of hydrogen-bond acceptors (Lipinski definition) is 9. The summed E-state index contributed by atoms with van der Waals surface area (Å²) in [6.45, 7) is 7.84. The molecular formula is C29H37F2N5O4S. The second-order valence-electron chi connectivity index (χ2n) is 10.5. The Bertz CT molecular complexity index is 1460. The smallest absolute Gasteiger partial charge is 0.387 e. The summed E-state index contributed by atoms with van der Waals surface area (Å²) in [6, 6.07) is 10.2. The molecular weight excluding hydrogens is 552 g/mol. The number of aromatic nitrogens is 2. The number of piperidine rings is 1. The summed E-state index contributed by atoms with van der Waals surface area (Å²) in [4.78, 5) is 8.60. The first-order chi connectivity index (χ1) is 19.5. The molecule has 0 aliphatic carbocycles. The summed E-state index contributed by atoms with van der Waals surface area (Å²) < 4.78 is 63.2. The van der Waals surface area contributed by atoms with Crippen LogP contribution in [-0.2, 0) is 9.84 Å². The summed E-state index contributed by atoms with van der Waals surface area (Å²) in [5.41, 5.74) is 3.10. The predicted molar refractivity (Wildman–Crippen MR) is 156 cm³/mol. The third kappa shape index (κ3) is 7.42. The lowest BCUT2D eigenvalue weighted by Gasteiger charge is -2.26. The SMILES string of the molecule is Cc1cc(Nc2ncc(OC(F)F)c(Nc3ccccc3S(=O)(=O)C(C)C)n2)c(OC(C)C)cc1C1CCNCC1. The van der Waals surface area contributed by atoms with Crippen LogP contribution in [0.2, 0.25) is 0 Å². The van der Waals surface area contributed by atoms with Crippen LogP contribution < -0.4 is 25.4 Å². The van der Waals surface area contributed by atoms with Gasteiger partial charge in [-0.15, -0.1) is 0 Å². The lowest BCUT2D eigenvalue weighted by Crippen LogP contribution is -2.27. The number of hydrogen-bond donors (Lipinski definition) is 3. The minimum Gasteiger partial charge on any atom is -0.489 e. The zero-order chi connectivity index (χ0) is 29.7. The highest BCUT2D eigenvalue weighted by atomic mass is 32.2. The number of nitrogens with zero attached hydrogens (tertiary/aromatic N) is 2. The Balaban J connectivity index is 1.72. The van der Waals surface area contributed by atoms with E-state index >= 15 is 0 Å². The molecule has 0 atom stereocenters. The molecule has 2 aromatic carbocycles. The standard InChI is InChI=1S/C29H37F2N5O4S/c1-17(2)39-24-15-21(20-10-12-32-13-11-20)19(5)14-23(24)35-29-33-16-25(40-28(30)31)27(36-29)34-22-8-6-7-9-26(22)41(37,38)18(3)4/h6-9,14-18,20,28,32H,10-13H2,1-5H3,(H2,33,34,35,36). The number of sulfone groups is 1. The van der Waals surface area contributed by atoms with Crippen LogP contribution in [0.15, 0.2) is 47.5 Å². The van der Waals surface area contributed by atoms with E-state index in [1.54, 1.807) is 26.0 Å². The van der Waals surface area contributed by atoms with E-state index in [-0.39, 0.29) is 34.2 Å². The van der Waals surface area contributed by atoms with E-state index in [4.69, 9.17) is 4.74 Å². The number of ether oxygens (including phenoxy) is 2. The van der Waals surface area contributed by atoms with Crippen molar-refractivity contribution in [1.29, 1.82) is 0 Å². The maximum atomic E-state index is 13.2. The van der Waals surface area contributed by atoms with Crippen molar-refractivity contribution in [3.8, 4) is 11.5 Å². The highest BCUT2D eigenvalue weighted by Gasteiger charge is 2.25. The molecule has 0 amide bonds. The molecule has 1 fully saturated rings. The number of anilines is 4. The van der Waals surface area contributed by atoms with Crippen molar-refractivity contribution in [2.24, 2.45) is 0 Å². The van der Waals surface area contributed by atoms with Crippen LogP contribution >= 0.6 is 0 Å². The summed E-state index contributed by atoms with van der Waals surface area (Å²) in [5, 5.41) is 8.74. The van der Waals surface area contributed by atoms with Gasteiger partial charge in [0.25, 0.3) is 0 Å². The van der Waals surface area contributed by atoms with Crippen LogP contribution in [0.25, 0.3) is 0 Å². The van der Waals surface area contributed by atoms with Gasteiger partial charge in [-0.05, 0) is 102 Å². The summed E-state index contributed by atoms with van der Waals surface area (Å²) in [5.74, 6) is 0.668. The van der Waals surface area contributed by atoms with E-state index < -0.39 is 21.7 Å². The van der Waals surface area contributed by atoms with E-state index in [2.05, 4.69) is 30.7 Å². The van der Waals surface area contributed by atoms with Crippen LogP contribution in [0, 0.1) is 6.92 Å². The molecule has 1 aliphatic heterocycles. The molecule has 1 aliphatic rings. The minimum atomic E-state index is -3.69. The lowest BCUT2D eigenvalue weighted by molar-refractivity contribution is -0.0497. The normalized spacial score (nSPS) is 14.5.